The molecule has 0 bridgehead atoms. The summed E-state index contributed by atoms with van der Waals surface area (Å²) in [5.41, 5.74) is 0. The van der Waals surface area contributed by atoms with Crippen molar-refractivity contribution in [2.24, 2.45) is 0 Å². The SMILES string of the molecule is CCOC(=O)[C@H](C)N[C@H]1CCCCC1=O. The highest BCUT2D eigenvalue weighted by Gasteiger charge is 2.25. The number of hydrogen-bond donors (Lipinski definition) is 1. The van der Waals surface area contributed by atoms with E-state index < -0.39 is 6.04 Å². The molecule has 2 atom stereocenters. The zero-order valence-electron chi connectivity index (χ0n) is 9.41. The van der Waals surface area contributed by atoms with Gasteiger partial charge in [0.2, 0.25) is 0 Å². The molecule has 0 aliphatic heterocycles. The first kappa shape index (κ1) is 12.2. The van der Waals surface area contributed by atoms with Gasteiger partial charge in [0, 0.05) is 6.42 Å². The van der Waals surface area contributed by atoms with Crippen LogP contribution in [0, 0.1) is 0 Å². The van der Waals surface area contributed by atoms with Gasteiger partial charge >= 0.3 is 5.97 Å². The second kappa shape index (κ2) is 5.85. The Morgan fingerprint density at radius 1 is 1.60 bits per heavy atom. The Morgan fingerprint density at radius 3 is 2.93 bits per heavy atom. The number of nitrogens with one attached hydrogen (secondary N) is 1. The molecule has 4 nitrogen and oxygen atoms in total. The molecule has 1 fully saturated rings. The molecule has 1 saturated carbocycles. The predicted molar refractivity (Wildman–Crippen MR) is 56.5 cm³/mol. The molecule has 0 aromatic carbocycles. The number of Topliss-reactive ketones (excluding diaryl/α,β-unsaturated/α-hetero) is 1. The van der Waals surface area contributed by atoms with Gasteiger partial charge < -0.3 is 4.74 Å². The fourth-order valence-electron chi connectivity index (χ4n) is 1.80. The van der Waals surface area contributed by atoms with E-state index in [0.29, 0.717) is 13.0 Å². The summed E-state index contributed by atoms with van der Waals surface area (Å²) >= 11 is 0. The lowest BCUT2D eigenvalue weighted by Gasteiger charge is -2.24. The number of hydrogen-bond acceptors (Lipinski definition) is 4. The van der Waals surface area contributed by atoms with Crippen LogP contribution >= 0.6 is 0 Å². The van der Waals surface area contributed by atoms with Crippen molar-refractivity contribution in [1.82, 2.24) is 5.32 Å². The minimum Gasteiger partial charge on any atom is -0.465 e. The largest absolute Gasteiger partial charge is 0.465 e. The molecule has 1 N–H and O–H groups in total. The average Bonchev–Trinajstić information content (AvgIpc) is 2.21. The fraction of sp³-hybridized carbons (Fsp3) is 0.818. The number of ether oxygens (including phenoxy) is 1. The predicted octanol–water partition coefficient (Wildman–Crippen LogP) is 1.04. The van der Waals surface area contributed by atoms with Gasteiger partial charge in [-0.25, -0.2) is 0 Å². The molecule has 1 rings (SSSR count). The summed E-state index contributed by atoms with van der Waals surface area (Å²) in [7, 11) is 0. The highest BCUT2D eigenvalue weighted by atomic mass is 16.5. The third-order valence-electron chi connectivity index (χ3n) is 2.65. The van der Waals surface area contributed by atoms with Gasteiger partial charge in [0.1, 0.15) is 11.8 Å². The molecular formula is C11H19NO3. The van der Waals surface area contributed by atoms with Gasteiger partial charge in [-0.3, -0.25) is 14.9 Å². The average molecular weight is 213 g/mol. The minimum absolute atomic E-state index is 0.154. The fourth-order valence-corrected chi connectivity index (χ4v) is 1.80. The molecule has 0 radical (unpaired) electrons. The minimum atomic E-state index is -0.392. The molecule has 15 heavy (non-hydrogen) atoms. The lowest BCUT2D eigenvalue weighted by Crippen LogP contribution is -2.47. The first-order valence-corrected chi connectivity index (χ1v) is 5.60. The van der Waals surface area contributed by atoms with E-state index in [1.165, 1.54) is 0 Å². The van der Waals surface area contributed by atoms with E-state index in [1.807, 2.05) is 0 Å². The van der Waals surface area contributed by atoms with Crippen LogP contribution in [0.5, 0.6) is 0 Å². The molecule has 0 spiro atoms. The van der Waals surface area contributed by atoms with Crippen LogP contribution in [0.1, 0.15) is 39.5 Å². The summed E-state index contributed by atoms with van der Waals surface area (Å²) in [5, 5.41) is 3.03. The zero-order valence-corrected chi connectivity index (χ0v) is 9.41. The van der Waals surface area contributed by atoms with Crippen molar-refractivity contribution in [3.05, 3.63) is 0 Å². The lowest BCUT2D eigenvalue weighted by atomic mass is 9.93. The van der Waals surface area contributed by atoms with Gasteiger partial charge in [0.25, 0.3) is 0 Å². The number of ketones is 1. The van der Waals surface area contributed by atoms with Gasteiger partial charge in [-0.15, -0.1) is 0 Å². The van der Waals surface area contributed by atoms with E-state index in [4.69, 9.17) is 4.74 Å². The van der Waals surface area contributed by atoms with Crippen LogP contribution in [0.3, 0.4) is 0 Å². The van der Waals surface area contributed by atoms with Crippen LogP contribution in [0.2, 0.25) is 0 Å². The molecule has 4 heteroatoms. The number of carbonyl (C=O) groups is 2. The first-order chi connectivity index (χ1) is 7.15. The molecule has 0 saturated heterocycles. The van der Waals surface area contributed by atoms with Crippen molar-refractivity contribution in [2.75, 3.05) is 6.61 Å². The molecule has 0 amide bonds. The van der Waals surface area contributed by atoms with Crippen molar-refractivity contribution in [3.63, 3.8) is 0 Å². The van der Waals surface area contributed by atoms with E-state index >= 15 is 0 Å². The quantitative estimate of drug-likeness (QED) is 0.709. The van der Waals surface area contributed by atoms with Gasteiger partial charge in [0.05, 0.1) is 12.6 Å². The van der Waals surface area contributed by atoms with Gasteiger partial charge in [-0.05, 0) is 26.7 Å². The van der Waals surface area contributed by atoms with Crippen molar-refractivity contribution in [2.45, 2.75) is 51.6 Å². The summed E-state index contributed by atoms with van der Waals surface area (Å²) in [6.45, 7) is 3.89. The Labute approximate surface area is 90.4 Å². The summed E-state index contributed by atoms with van der Waals surface area (Å²) in [5.74, 6) is -0.0618. The number of carbonyl (C=O) groups excluding carboxylic acids is 2. The Kier molecular flexibility index (Phi) is 4.75. The molecule has 0 aromatic rings. The summed E-state index contributed by atoms with van der Waals surface area (Å²) in [6, 6.07) is -0.546. The van der Waals surface area contributed by atoms with Crippen molar-refractivity contribution >= 4 is 11.8 Å². The Balaban J connectivity index is 2.38. The summed E-state index contributed by atoms with van der Waals surface area (Å²) < 4.78 is 4.87. The van der Waals surface area contributed by atoms with Crippen LogP contribution in [0.4, 0.5) is 0 Å². The monoisotopic (exact) mass is 213 g/mol. The molecule has 0 unspecified atom stereocenters. The molecule has 0 heterocycles. The van der Waals surface area contributed by atoms with Crippen molar-refractivity contribution < 1.29 is 14.3 Å². The van der Waals surface area contributed by atoms with Gasteiger partial charge in [-0.1, -0.05) is 6.42 Å². The zero-order chi connectivity index (χ0) is 11.3. The number of esters is 1. The maximum absolute atomic E-state index is 11.5. The van der Waals surface area contributed by atoms with E-state index in [1.54, 1.807) is 13.8 Å². The first-order valence-electron chi connectivity index (χ1n) is 5.60. The lowest BCUT2D eigenvalue weighted by molar-refractivity contribution is -0.145. The molecular weight excluding hydrogens is 194 g/mol. The van der Waals surface area contributed by atoms with Crippen LogP contribution in [-0.2, 0) is 14.3 Å². The summed E-state index contributed by atoms with van der Waals surface area (Å²) in [6.07, 6.45) is 3.50. The van der Waals surface area contributed by atoms with Crippen LogP contribution in [0.15, 0.2) is 0 Å². The van der Waals surface area contributed by atoms with E-state index in [2.05, 4.69) is 5.32 Å². The van der Waals surface area contributed by atoms with Crippen LogP contribution < -0.4 is 5.32 Å². The van der Waals surface area contributed by atoms with E-state index in [0.717, 1.165) is 19.3 Å². The molecule has 1 aliphatic rings. The van der Waals surface area contributed by atoms with Crippen molar-refractivity contribution in [1.29, 1.82) is 0 Å². The van der Waals surface area contributed by atoms with Crippen LogP contribution in [-0.4, -0.2) is 30.4 Å². The third-order valence-corrected chi connectivity index (χ3v) is 2.65. The molecule has 86 valence electrons. The smallest absolute Gasteiger partial charge is 0.322 e. The van der Waals surface area contributed by atoms with E-state index in [-0.39, 0.29) is 17.8 Å². The standard InChI is InChI=1S/C11H19NO3/c1-3-15-11(14)8(2)12-9-6-4-5-7-10(9)13/h8-9,12H,3-7H2,1-2H3/t8-,9-/m0/s1. The Bertz CT molecular complexity index is 240. The maximum Gasteiger partial charge on any atom is 0.322 e. The van der Waals surface area contributed by atoms with Gasteiger partial charge in [-0.2, -0.15) is 0 Å². The maximum atomic E-state index is 11.5. The summed E-state index contributed by atoms with van der Waals surface area (Å²) in [4.78, 5) is 22.8. The normalized spacial score (nSPS) is 23.6. The Morgan fingerprint density at radius 2 is 2.33 bits per heavy atom. The Hall–Kier alpha value is -0.900. The highest BCUT2D eigenvalue weighted by Crippen LogP contribution is 2.15. The van der Waals surface area contributed by atoms with Crippen LogP contribution in [0.25, 0.3) is 0 Å². The topological polar surface area (TPSA) is 55.4 Å². The van der Waals surface area contributed by atoms with Gasteiger partial charge in [0.15, 0.2) is 0 Å². The number of rotatable bonds is 4. The van der Waals surface area contributed by atoms with Crippen molar-refractivity contribution in [3.8, 4) is 0 Å². The molecule has 1 aliphatic carbocycles. The third kappa shape index (κ3) is 3.63. The molecule has 0 aromatic heterocycles. The second-order valence-electron chi connectivity index (χ2n) is 3.91. The second-order valence-corrected chi connectivity index (χ2v) is 3.91. The highest BCUT2D eigenvalue weighted by molar-refractivity contribution is 5.85. The van der Waals surface area contributed by atoms with E-state index in [9.17, 15) is 9.59 Å².